The van der Waals surface area contributed by atoms with Crippen molar-refractivity contribution in [3.8, 4) is 11.1 Å². The van der Waals surface area contributed by atoms with Crippen LogP contribution in [0.5, 0.6) is 0 Å². The Kier molecular flexibility index (Phi) is 5.18. The Balaban J connectivity index is 1.70. The molecule has 146 valence electrons. The molecule has 0 radical (unpaired) electrons. The van der Waals surface area contributed by atoms with E-state index in [9.17, 15) is 5.11 Å². The second-order valence-corrected chi connectivity index (χ2v) is 7.81. The smallest absolute Gasteiger partial charge is 0.159 e. The van der Waals surface area contributed by atoms with Gasteiger partial charge >= 0.3 is 0 Å². The number of nitrogens with one attached hydrogen (secondary N) is 1. The molecule has 0 aliphatic rings. The number of hydrogen-bond donors (Lipinski definition) is 2. The van der Waals surface area contributed by atoms with Crippen molar-refractivity contribution in [3.05, 3.63) is 83.5 Å². The number of pyridine rings is 1. The number of anilines is 1. The van der Waals surface area contributed by atoms with Crippen molar-refractivity contribution >= 4 is 28.2 Å². The molecule has 5 nitrogen and oxygen atoms in total. The molecule has 4 aromatic rings. The van der Waals surface area contributed by atoms with Crippen LogP contribution in [0.1, 0.15) is 25.2 Å². The van der Waals surface area contributed by atoms with Gasteiger partial charge in [0, 0.05) is 36.1 Å². The third-order valence-corrected chi connectivity index (χ3v) is 4.95. The normalized spacial score (nSPS) is 11.6. The summed E-state index contributed by atoms with van der Waals surface area (Å²) in [4.78, 5) is 13.0. The van der Waals surface area contributed by atoms with E-state index in [1.54, 1.807) is 32.4 Å². The lowest BCUT2D eigenvalue weighted by Gasteiger charge is -2.15. The van der Waals surface area contributed by atoms with Crippen LogP contribution in [0.3, 0.4) is 0 Å². The Bertz CT molecular complexity index is 1140. The standard InChI is InChI=1S/C23H21ClN4O/c1-23(2,29)22-27-12-17(13-28-22)16-8-9-20-18(10-16)21(19(24)14-25-20)26-11-15-6-4-3-5-7-15/h3-10,12-14,29H,11H2,1-2H3,(H,25,26). The second-order valence-electron chi connectivity index (χ2n) is 7.41. The van der Waals surface area contributed by atoms with Gasteiger partial charge in [0.25, 0.3) is 0 Å². The van der Waals surface area contributed by atoms with Crippen molar-refractivity contribution < 1.29 is 5.11 Å². The number of aliphatic hydroxyl groups is 1. The quantitative estimate of drug-likeness (QED) is 0.479. The Morgan fingerprint density at radius 3 is 2.34 bits per heavy atom. The summed E-state index contributed by atoms with van der Waals surface area (Å²) < 4.78 is 0. The zero-order valence-electron chi connectivity index (χ0n) is 16.2. The van der Waals surface area contributed by atoms with Crippen LogP contribution in [-0.2, 0) is 12.1 Å². The molecule has 29 heavy (non-hydrogen) atoms. The molecule has 0 atom stereocenters. The predicted molar refractivity (Wildman–Crippen MR) is 117 cm³/mol. The summed E-state index contributed by atoms with van der Waals surface area (Å²) >= 11 is 6.46. The molecule has 0 aliphatic carbocycles. The number of halogens is 1. The fourth-order valence-corrected chi connectivity index (χ4v) is 3.32. The Hall–Kier alpha value is -3.02. The molecule has 0 aliphatic heterocycles. The van der Waals surface area contributed by atoms with Gasteiger partial charge < -0.3 is 10.4 Å². The summed E-state index contributed by atoms with van der Waals surface area (Å²) in [5.74, 6) is 0.386. The van der Waals surface area contributed by atoms with Gasteiger partial charge in [0.2, 0.25) is 0 Å². The maximum absolute atomic E-state index is 10.1. The molecule has 4 rings (SSSR count). The summed E-state index contributed by atoms with van der Waals surface area (Å²) in [6.45, 7) is 3.99. The minimum atomic E-state index is -1.08. The fourth-order valence-electron chi connectivity index (χ4n) is 3.11. The largest absolute Gasteiger partial charge is 0.382 e. The molecule has 0 saturated carbocycles. The highest BCUT2D eigenvalue weighted by Crippen LogP contribution is 2.33. The van der Waals surface area contributed by atoms with E-state index in [-0.39, 0.29) is 0 Å². The van der Waals surface area contributed by atoms with Gasteiger partial charge in [-0.1, -0.05) is 48.0 Å². The van der Waals surface area contributed by atoms with E-state index in [1.165, 1.54) is 5.56 Å². The highest BCUT2D eigenvalue weighted by Gasteiger charge is 2.19. The average molecular weight is 405 g/mol. The van der Waals surface area contributed by atoms with Gasteiger partial charge in [-0.2, -0.15) is 0 Å². The molecule has 0 unspecified atom stereocenters. The number of aromatic nitrogens is 3. The Morgan fingerprint density at radius 1 is 0.931 bits per heavy atom. The van der Waals surface area contributed by atoms with Gasteiger partial charge in [-0.15, -0.1) is 0 Å². The molecular weight excluding hydrogens is 384 g/mol. The van der Waals surface area contributed by atoms with Gasteiger partial charge in [-0.25, -0.2) is 9.97 Å². The van der Waals surface area contributed by atoms with Crippen LogP contribution in [0.4, 0.5) is 5.69 Å². The number of rotatable bonds is 5. The first-order valence-corrected chi connectivity index (χ1v) is 9.71. The lowest BCUT2D eigenvalue weighted by molar-refractivity contribution is 0.0687. The topological polar surface area (TPSA) is 70.9 Å². The van der Waals surface area contributed by atoms with Gasteiger partial charge in [0.05, 0.1) is 16.2 Å². The van der Waals surface area contributed by atoms with E-state index >= 15 is 0 Å². The van der Waals surface area contributed by atoms with Crippen molar-refractivity contribution in [3.63, 3.8) is 0 Å². The molecule has 2 N–H and O–H groups in total. The van der Waals surface area contributed by atoms with E-state index < -0.39 is 5.60 Å². The minimum Gasteiger partial charge on any atom is -0.382 e. The number of hydrogen-bond acceptors (Lipinski definition) is 5. The van der Waals surface area contributed by atoms with E-state index in [1.807, 2.05) is 36.4 Å². The van der Waals surface area contributed by atoms with E-state index in [0.29, 0.717) is 17.4 Å². The minimum absolute atomic E-state index is 0.386. The number of nitrogens with zero attached hydrogens (tertiary/aromatic N) is 3. The van der Waals surface area contributed by atoms with Gasteiger partial charge in [-0.3, -0.25) is 4.98 Å². The van der Waals surface area contributed by atoms with Crippen molar-refractivity contribution in [2.75, 3.05) is 5.32 Å². The van der Waals surface area contributed by atoms with Crippen molar-refractivity contribution in [1.82, 2.24) is 15.0 Å². The van der Waals surface area contributed by atoms with Gasteiger partial charge in [-0.05, 0) is 37.1 Å². The molecule has 0 saturated heterocycles. The Labute approximate surface area is 174 Å². The van der Waals surface area contributed by atoms with Crippen LogP contribution in [0.2, 0.25) is 5.02 Å². The fraction of sp³-hybridized carbons (Fsp3) is 0.174. The van der Waals surface area contributed by atoms with Crippen molar-refractivity contribution in [2.45, 2.75) is 26.0 Å². The highest BCUT2D eigenvalue weighted by atomic mass is 35.5. The summed E-state index contributed by atoms with van der Waals surface area (Å²) in [6.07, 6.45) is 5.10. The van der Waals surface area contributed by atoms with Gasteiger partial charge in [0.1, 0.15) is 5.60 Å². The molecule has 2 aromatic carbocycles. The van der Waals surface area contributed by atoms with Crippen LogP contribution < -0.4 is 5.32 Å². The van der Waals surface area contributed by atoms with Crippen LogP contribution in [0, 0.1) is 0 Å². The molecule has 0 spiro atoms. The number of fused-ring (bicyclic) bond motifs is 1. The first-order valence-electron chi connectivity index (χ1n) is 9.33. The summed E-state index contributed by atoms with van der Waals surface area (Å²) in [5.41, 5.74) is 3.59. The van der Waals surface area contributed by atoms with E-state index in [4.69, 9.17) is 11.6 Å². The lowest BCUT2D eigenvalue weighted by atomic mass is 10.0. The summed E-state index contributed by atoms with van der Waals surface area (Å²) in [7, 11) is 0. The monoisotopic (exact) mass is 404 g/mol. The summed E-state index contributed by atoms with van der Waals surface area (Å²) in [6, 6.07) is 16.1. The predicted octanol–water partition coefficient (Wildman–Crippen LogP) is 5.18. The molecular formula is C23H21ClN4O. The molecule has 6 heteroatoms. The average Bonchev–Trinajstić information content (AvgIpc) is 2.73. The summed E-state index contributed by atoms with van der Waals surface area (Å²) in [5, 5.41) is 15.0. The zero-order chi connectivity index (χ0) is 20.4. The Morgan fingerprint density at radius 2 is 1.66 bits per heavy atom. The second kappa shape index (κ2) is 7.78. The molecule has 0 fully saturated rings. The number of benzene rings is 2. The maximum atomic E-state index is 10.1. The highest BCUT2D eigenvalue weighted by molar-refractivity contribution is 6.34. The SMILES string of the molecule is CC(C)(O)c1ncc(-c2ccc3ncc(Cl)c(NCc4ccccc4)c3c2)cn1. The van der Waals surface area contributed by atoms with Crippen molar-refractivity contribution in [1.29, 1.82) is 0 Å². The van der Waals surface area contributed by atoms with Crippen LogP contribution in [-0.4, -0.2) is 20.1 Å². The van der Waals surface area contributed by atoms with E-state index in [0.717, 1.165) is 27.7 Å². The van der Waals surface area contributed by atoms with Gasteiger partial charge in [0.15, 0.2) is 5.82 Å². The van der Waals surface area contributed by atoms with Crippen LogP contribution in [0.15, 0.2) is 67.1 Å². The first-order chi connectivity index (χ1) is 13.9. The van der Waals surface area contributed by atoms with Crippen LogP contribution >= 0.6 is 11.6 Å². The molecule has 0 bridgehead atoms. The molecule has 0 amide bonds. The van der Waals surface area contributed by atoms with Crippen molar-refractivity contribution in [2.24, 2.45) is 0 Å². The molecule has 2 heterocycles. The third-order valence-electron chi connectivity index (χ3n) is 4.67. The van der Waals surface area contributed by atoms with Crippen LogP contribution in [0.25, 0.3) is 22.0 Å². The maximum Gasteiger partial charge on any atom is 0.159 e. The zero-order valence-corrected chi connectivity index (χ0v) is 17.0. The lowest BCUT2D eigenvalue weighted by Crippen LogP contribution is -2.19. The first kappa shape index (κ1) is 19.3. The van der Waals surface area contributed by atoms with E-state index in [2.05, 4.69) is 32.4 Å². The third kappa shape index (κ3) is 4.21. The molecule has 2 aromatic heterocycles.